The number of piperidine rings is 1. The van der Waals surface area contributed by atoms with Gasteiger partial charge in [0.1, 0.15) is 6.04 Å². The first-order valence-electron chi connectivity index (χ1n) is 4.95. The Morgan fingerprint density at radius 2 is 2.33 bits per heavy atom. The zero-order valence-corrected chi connectivity index (χ0v) is 8.43. The minimum Gasteiger partial charge on any atom is -0.480 e. The van der Waals surface area contributed by atoms with Crippen molar-refractivity contribution in [1.82, 2.24) is 15.5 Å². The molecule has 0 aromatic carbocycles. The van der Waals surface area contributed by atoms with Crippen molar-refractivity contribution in [3.8, 4) is 0 Å². The van der Waals surface area contributed by atoms with Gasteiger partial charge in [-0.05, 0) is 19.3 Å². The predicted molar refractivity (Wildman–Crippen MR) is 50.2 cm³/mol. The summed E-state index contributed by atoms with van der Waals surface area (Å²) < 4.78 is 5.27. The Labute approximate surface area is 86.7 Å². The van der Waals surface area contributed by atoms with Crippen LogP contribution in [0, 0.1) is 6.92 Å². The van der Waals surface area contributed by atoms with Gasteiger partial charge in [0.15, 0.2) is 0 Å². The molecular weight excluding hydrogens is 198 g/mol. The van der Waals surface area contributed by atoms with E-state index in [1.807, 2.05) is 0 Å². The number of aliphatic carboxylic acids is 1. The fourth-order valence-electron chi connectivity index (χ4n) is 1.78. The third-order valence-corrected chi connectivity index (χ3v) is 2.53. The van der Waals surface area contributed by atoms with Crippen LogP contribution in [0.15, 0.2) is 4.42 Å². The highest BCUT2D eigenvalue weighted by Gasteiger charge is 2.29. The number of aryl methyl sites for hydroxylation is 1. The molecule has 0 amide bonds. The number of nitrogens with one attached hydrogen (secondary N) is 1. The summed E-state index contributed by atoms with van der Waals surface area (Å²) in [5.41, 5.74) is 0. The molecule has 1 aliphatic rings. The molecule has 0 saturated carbocycles. The first-order chi connectivity index (χ1) is 7.16. The summed E-state index contributed by atoms with van der Waals surface area (Å²) in [6.45, 7) is 1.72. The molecule has 1 fully saturated rings. The summed E-state index contributed by atoms with van der Waals surface area (Å²) in [4.78, 5) is 10.8. The molecule has 0 radical (unpaired) electrons. The van der Waals surface area contributed by atoms with Gasteiger partial charge in [-0.2, -0.15) is 0 Å². The molecule has 0 aliphatic carbocycles. The summed E-state index contributed by atoms with van der Waals surface area (Å²) in [7, 11) is 0. The van der Waals surface area contributed by atoms with E-state index in [1.54, 1.807) is 6.92 Å². The Hall–Kier alpha value is -1.43. The van der Waals surface area contributed by atoms with Gasteiger partial charge in [0.05, 0.1) is 6.04 Å². The van der Waals surface area contributed by atoms with Gasteiger partial charge in [0.25, 0.3) is 0 Å². The number of nitrogens with zero attached hydrogens (tertiary/aromatic N) is 2. The van der Waals surface area contributed by atoms with E-state index >= 15 is 0 Å². The maximum atomic E-state index is 10.8. The minimum atomic E-state index is -0.823. The lowest BCUT2D eigenvalue weighted by Gasteiger charge is -2.25. The number of hydrogen-bond donors (Lipinski definition) is 2. The standard InChI is InChI=1S/C9H13N3O3/c1-5-11-12-8(15-5)6-3-2-4-7(10-6)9(13)14/h6-7,10H,2-4H2,1H3,(H,13,14). The second-order valence-corrected chi connectivity index (χ2v) is 3.70. The summed E-state index contributed by atoms with van der Waals surface area (Å²) in [5, 5.41) is 19.5. The zero-order valence-electron chi connectivity index (χ0n) is 8.43. The number of carboxylic acids is 1. The van der Waals surface area contributed by atoms with Gasteiger partial charge in [-0.25, -0.2) is 0 Å². The van der Waals surface area contributed by atoms with Gasteiger partial charge in [0.2, 0.25) is 11.8 Å². The molecule has 6 heteroatoms. The van der Waals surface area contributed by atoms with E-state index in [0.717, 1.165) is 12.8 Å². The van der Waals surface area contributed by atoms with Crippen LogP contribution in [0.4, 0.5) is 0 Å². The molecule has 1 aromatic rings. The first-order valence-corrected chi connectivity index (χ1v) is 4.95. The molecule has 2 N–H and O–H groups in total. The smallest absolute Gasteiger partial charge is 0.320 e. The maximum Gasteiger partial charge on any atom is 0.320 e. The molecule has 1 aliphatic heterocycles. The monoisotopic (exact) mass is 211 g/mol. The minimum absolute atomic E-state index is 0.124. The van der Waals surface area contributed by atoms with Gasteiger partial charge >= 0.3 is 5.97 Å². The normalized spacial score (nSPS) is 26.5. The van der Waals surface area contributed by atoms with Crippen molar-refractivity contribution in [2.24, 2.45) is 0 Å². The van der Waals surface area contributed by atoms with Gasteiger partial charge in [-0.15, -0.1) is 10.2 Å². The van der Waals surface area contributed by atoms with Crippen molar-refractivity contribution >= 4 is 5.97 Å². The fraction of sp³-hybridized carbons (Fsp3) is 0.667. The quantitative estimate of drug-likeness (QED) is 0.746. The Kier molecular flexibility index (Phi) is 2.68. The number of carboxylic acid groups (broad SMARTS) is 1. The van der Waals surface area contributed by atoms with Crippen molar-refractivity contribution in [2.45, 2.75) is 38.3 Å². The third kappa shape index (κ3) is 2.15. The number of carbonyl (C=O) groups is 1. The third-order valence-electron chi connectivity index (χ3n) is 2.53. The van der Waals surface area contributed by atoms with Crippen LogP contribution in [0.25, 0.3) is 0 Å². The van der Waals surface area contributed by atoms with Crippen LogP contribution in [0.3, 0.4) is 0 Å². The number of hydrogen-bond acceptors (Lipinski definition) is 5. The summed E-state index contributed by atoms with van der Waals surface area (Å²) in [5.74, 6) is 0.165. The SMILES string of the molecule is Cc1nnc(C2CCCC(C(=O)O)N2)o1. The fourth-order valence-corrected chi connectivity index (χ4v) is 1.78. The van der Waals surface area contributed by atoms with Crippen molar-refractivity contribution < 1.29 is 14.3 Å². The molecule has 82 valence electrons. The molecule has 6 nitrogen and oxygen atoms in total. The van der Waals surface area contributed by atoms with Crippen molar-refractivity contribution in [3.05, 3.63) is 11.8 Å². The molecule has 2 rings (SSSR count). The summed E-state index contributed by atoms with van der Waals surface area (Å²) in [6, 6.07) is -0.628. The second-order valence-electron chi connectivity index (χ2n) is 3.70. The van der Waals surface area contributed by atoms with E-state index in [-0.39, 0.29) is 6.04 Å². The van der Waals surface area contributed by atoms with Crippen molar-refractivity contribution in [3.63, 3.8) is 0 Å². The van der Waals surface area contributed by atoms with E-state index in [4.69, 9.17) is 9.52 Å². The van der Waals surface area contributed by atoms with Crippen LogP contribution in [0.1, 0.15) is 37.1 Å². The molecule has 0 bridgehead atoms. The number of rotatable bonds is 2. The zero-order chi connectivity index (χ0) is 10.8. The van der Waals surface area contributed by atoms with E-state index in [0.29, 0.717) is 18.2 Å². The van der Waals surface area contributed by atoms with E-state index in [9.17, 15) is 4.79 Å². The van der Waals surface area contributed by atoms with Crippen LogP contribution in [0.5, 0.6) is 0 Å². The van der Waals surface area contributed by atoms with Gasteiger partial charge in [-0.3, -0.25) is 10.1 Å². The van der Waals surface area contributed by atoms with Gasteiger partial charge in [-0.1, -0.05) is 0 Å². The van der Waals surface area contributed by atoms with Crippen LogP contribution in [-0.4, -0.2) is 27.3 Å². The average molecular weight is 211 g/mol. The molecule has 2 heterocycles. The first kappa shape index (κ1) is 10.1. The topological polar surface area (TPSA) is 88.2 Å². The van der Waals surface area contributed by atoms with E-state index in [2.05, 4.69) is 15.5 Å². The maximum absolute atomic E-state index is 10.8. The number of aromatic nitrogens is 2. The van der Waals surface area contributed by atoms with Crippen molar-refractivity contribution in [2.75, 3.05) is 0 Å². The largest absolute Gasteiger partial charge is 0.480 e. The lowest BCUT2D eigenvalue weighted by molar-refractivity contribution is -0.140. The summed E-state index contributed by atoms with van der Waals surface area (Å²) in [6.07, 6.45) is 2.35. The van der Waals surface area contributed by atoms with Crippen LogP contribution in [-0.2, 0) is 4.79 Å². The van der Waals surface area contributed by atoms with Crippen LogP contribution in [0.2, 0.25) is 0 Å². The highest BCUT2D eigenvalue weighted by atomic mass is 16.4. The molecule has 15 heavy (non-hydrogen) atoms. The van der Waals surface area contributed by atoms with E-state index in [1.165, 1.54) is 0 Å². The lowest BCUT2D eigenvalue weighted by Crippen LogP contribution is -2.42. The Bertz CT molecular complexity index is 363. The molecular formula is C9H13N3O3. The molecule has 1 aromatic heterocycles. The van der Waals surface area contributed by atoms with Crippen LogP contribution < -0.4 is 5.32 Å². The Balaban J connectivity index is 2.07. The molecule has 2 atom stereocenters. The average Bonchev–Trinajstić information content (AvgIpc) is 2.65. The molecule has 0 spiro atoms. The van der Waals surface area contributed by atoms with Crippen molar-refractivity contribution in [1.29, 1.82) is 0 Å². The highest BCUT2D eigenvalue weighted by molar-refractivity contribution is 5.73. The second kappa shape index (κ2) is 3.98. The summed E-state index contributed by atoms with van der Waals surface area (Å²) >= 11 is 0. The molecule has 1 saturated heterocycles. The Morgan fingerprint density at radius 3 is 2.93 bits per heavy atom. The highest BCUT2D eigenvalue weighted by Crippen LogP contribution is 2.24. The van der Waals surface area contributed by atoms with Gasteiger partial charge < -0.3 is 9.52 Å². The van der Waals surface area contributed by atoms with Crippen LogP contribution >= 0.6 is 0 Å². The molecule has 2 unspecified atom stereocenters. The van der Waals surface area contributed by atoms with Gasteiger partial charge in [0, 0.05) is 6.92 Å². The predicted octanol–water partition coefficient (Wildman–Crippen LogP) is 0.646. The van der Waals surface area contributed by atoms with E-state index < -0.39 is 12.0 Å². The Morgan fingerprint density at radius 1 is 1.53 bits per heavy atom. The lowest BCUT2D eigenvalue weighted by atomic mass is 9.99.